The third-order valence-corrected chi connectivity index (χ3v) is 9.46. The first-order valence-corrected chi connectivity index (χ1v) is 16.6. The van der Waals surface area contributed by atoms with Crippen LogP contribution in [0.3, 0.4) is 0 Å². The van der Waals surface area contributed by atoms with Gasteiger partial charge in [0.05, 0.1) is 32.4 Å². The van der Waals surface area contributed by atoms with E-state index in [0.717, 1.165) is 62.1 Å². The molecular formula is C36H49N5O5. The van der Waals surface area contributed by atoms with Crippen LogP contribution in [0.2, 0.25) is 0 Å². The van der Waals surface area contributed by atoms with Crippen LogP contribution in [0.15, 0.2) is 36.4 Å². The van der Waals surface area contributed by atoms with Crippen LogP contribution in [-0.4, -0.2) is 92.5 Å². The van der Waals surface area contributed by atoms with E-state index in [0.29, 0.717) is 49.5 Å². The number of ether oxygens (including phenoxy) is 2. The van der Waals surface area contributed by atoms with Gasteiger partial charge in [-0.1, -0.05) is 19.9 Å². The molecule has 3 aromatic rings. The number of aromatic amines is 1. The highest BCUT2D eigenvalue weighted by Crippen LogP contribution is 2.40. The average molecular weight is 632 g/mol. The molecule has 2 fully saturated rings. The molecule has 5 rings (SSSR count). The summed E-state index contributed by atoms with van der Waals surface area (Å²) in [6.45, 7) is 10.0. The fourth-order valence-corrected chi connectivity index (χ4v) is 7.04. The van der Waals surface area contributed by atoms with Gasteiger partial charge >= 0.3 is 0 Å². The minimum Gasteiger partial charge on any atom is -0.493 e. The lowest BCUT2D eigenvalue weighted by Gasteiger charge is -2.36. The Kier molecular flexibility index (Phi) is 10.9. The van der Waals surface area contributed by atoms with Crippen LogP contribution in [0.1, 0.15) is 69.4 Å². The van der Waals surface area contributed by atoms with Crippen molar-refractivity contribution in [2.45, 2.75) is 58.3 Å². The summed E-state index contributed by atoms with van der Waals surface area (Å²) in [7, 11) is 3.31. The van der Waals surface area contributed by atoms with Gasteiger partial charge in [0.25, 0.3) is 0 Å². The highest BCUT2D eigenvalue weighted by molar-refractivity contribution is 5.92. The number of carbonyl (C=O) groups is 3. The van der Waals surface area contributed by atoms with Crippen LogP contribution in [0.4, 0.5) is 0 Å². The number of amides is 3. The molecule has 2 aliphatic heterocycles. The maximum Gasteiger partial charge on any atom is 0.236 e. The van der Waals surface area contributed by atoms with Crippen molar-refractivity contribution < 1.29 is 23.9 Å². The predicted molar refractivity (Wildman–Crippen MR) is 180 cm³/mol. The van der Waals surface area contributed by atoms with Gasteiger partial charge in [-0.3, -0.25) is 19.3 Å². The standard InChI is InChI=1S/C36H49N5O5/c1-23(2)34-29-19-26(8-10-30(29)39-35(34)27-9-11-31(45-4)32(20-27)46-5)25-12-17-41(18-13-25)33(43)22-40-16-6-7-28(21-40)36(44)38-15-14-37-24(3)42/h8-11,19-20,23,25,28,39H,6-7,12-18,21-22H2,1-5H3,(H,37,42)(H,38,44)/t28-/m0/s1. The number of hydrogen-bond acceptors (Lipinski definition) is 6. The minimum absolute atomic E-state index is 0.000762. The molecule has 1 aromatic heterocycles. The zero-order valence-electron chi connectivity index (χ0n) is 27.9. The number of likely N-dealkylation sites (tertiary alicyclic amines) is 2. The van der Waals surface area contributed by atoms with Gasteiger partial charge in [-0.25, -0.2) is 0 Å². The van der Waals surface area contributed by atoms with Crippen LogP contribution < -0.4 is 20.1 Å². The Morgan fingerprint density at radius 1 is 0.935 bits per heavy atom. The van der Waals surface area contributed by atoms with Gasteiger partial charge in [-0.05, 0) is 85.5 Å². The zero-order chi connectivity index (χ0) is 32.8. The van der Waals surface area contributed by atoms with Crippen LogP contribution in [0.25, 0.3) is 22.2 Å². The first-order chi connectivity index (χ1) is 22.2. The number of rotatable bonds is 11. The maximum absolute atomic E-state index is 13.3. The van der Waals surface area contributed by atoms with Crippen LogP contribution >= 0.6 is 0 Å². The van der Waals surface area contributed by atoms with Crippen molar-refractivity contribution >= 4 is 28.6 Å². The molecular weight excluding hydrogens is 582 g/mol. The van der Waals surface area contributed by atoms with Gasteiger partial charge in [0.2, 0.25) is 17.7 Å². The minimum atomic E-state index is -0.129. The average Bonchev–Trinajstić information content (AvgIpc) is 3.45. The van der Waals surface area contributed by atoms with E-state index in [-0.39, 0.29) is 23.6 Å². The summed E-state index contributed by atoms with van der Waals surface area (Å²) < 4.78 is 11.0. The number of piperidine rings is 2. The second kappa shape index (κ2) is 15.0. The molecule has 2 saturated heterocycles. The van der Waals surface area contributed by atoms with Gasteiger partial charge in [-0.2, -0.15) is 0 Å². The van der Waals surface area contributed by atoms with Gasteiger partial charge in [0, 0.05) is 56.1 Å². The quantitative estimate of drug-likeness (QED) is 0.266. The van der Waals surface area contributed by atoms with E-state index in [4.69, 9.17) is 9.47 Å². The van der Waals surface area contributed by atoms with Crippen LogP contribution in [0.5, 0.6) is 11.5 Å². The number of nitrogens with one attached hydrogen (secondary N) is 3. The van der Waals surface area contributed by atoms with E-state index in [2.05, 4.69) is 58.6 Å². The Bertz CT molecular complexity index is 1540. The Morgan fingerprint density at radius 2 is 1.67 bits per heavy atom. The number of fused-ring (bicyclic) bond motifs is 1. The van der Waals surface area contributed by atoms with Gasteiger partial charge in [0.15, 0.2) is 11.5 Å². The summed E-state index contributed by atoms with van der Waals surface area (Å²) >= 11 is 0. The normalized spacial score (nSPS) is 17.7. The second-order valence-electron chi connectivity index (χ2n) is 12.9. The van der Waals surface area contributed by atoms with E-state index in [9.17, 15) is 14.4 Å². The Morgan fingerprint density at radius 3 is 2.37 bits per heavy atom. The molecule has 3 heterocycles. The summed E-state index contributed by atoms with van der Waals surface area (Å²) in [5.41, 5.74) is 5.89. The van der Waals surface area contributed by atoms with E-state index in [1.165, 1.54) is 23.4 Å². The summed E-state index contributed by atoms with van der Waals surface area (Å²) in [6.07, 6.45) is 3.58. The molecule has 46 heavy (non-hydrogen) atoms. The van der Waals surface area contributed by atoms with Gasteiger partial charge in [-0.15, -0.1) is 0 Å². The van der Waals surface area contributed by atoms with E-state index < -0.39 is 0 Å². The molecule has 2 aliphatic rings. The molecule has 0 saturated carbocycles. The predicted octanol–water partition coefficient (Wildman–Crippen LogP) is 4.65. The lowest BCUT2D eigenvalue weighted by molar-refractivity contribution is -0.135. The third kappa shape index (κ3) is 7.66. The van der Waals surface area contributed by atoms with Crippen molar-refractivity contribution in [3.8, 4) is 22.8 Å². The molecule has 0 bridgehead atoms. The first kappa shape index (κ1) is 33.3. The molecule has 10 heteroatoms. The van der Waals surface area contributed by atoms with Crippen LogP contribution in [-0.2, 0) is 14.4 Å². The molecule has 3 amide bonds. The highest BCUT2D eigenvalue weighted by atomic mass is 16.5. The molecule has 3 N–H and O–H groups in total. The zero-order valence-corrected chi connectivity index (χ0v) is 27.9. The third-order valence-electron chi connectivity index (χ3n) is 9.46. The van der Waals surface area contributed by atoms with Crippen molar-refractivity contribution in [2.75, 3.05) is 60.0 Å². The largest absolute Gasteiger partial charge is 0.493 e. The van der Waals surface area contributed by atoms with E-state index in [1.54, 1.807) is 14.2 Å². The van der Waals surface area contributed by atoms with Crippen molar-refractivity contribution in [3.05, 3.63) is 47.5 Å². The van der Waals surface area contributed by atoms with Gasteiger partial charge in [0.1, 0.15) is 0 Å². The fourth-order valence-electron chi connectivity index (χ4n) is 7.04. The summed E-state index contributed by atoms with van der Waals surface area (Å²) in [6, 6.07) is 12.8. The van der Waals surface area contributed by atoms with Gasteiger partial charge < -0.3 is 30.0 Å². The van der Waals surface area contributed by atoms with E-state index >= 15 is 0 Å². The Balaban J connectivity index is 1.19. The first-order valence-electron chi connectivity index (χ1n) is 16.6. The molecule has 0 radical (unpaired) electrons. The molecule has 1 atom stereocenters. The lowest BCUT2D eigenvalue weighted by Crippen LogP contribution is -2.49. The molecule has 2 aromatic carbocycles. The number of hydrogen-bond donors (Lipinski definition) is 3. The maximum atomic E-state index is 13.3. The summed E-state index contributed by atoms with van der Waals surface area (Å²) in [5, 5.41) is 6.86. The number of aromatic nitrogens is 1. The highest BCUT2D eigenvalue weighted by Gasteiger charge is 2.30. The van der Waals surface area contributed by atoms with Crippen molar-refractivity contribution in [1.29, 1.82) is 0 Å². The second-order valence-corrected chi connectivity index (χ2v) is 12.9. The SMILES string of the molecule is COc1ccc(-c2[nH]c3ccc(C4CCN(C(=O)CN5CCC[C@H](C(=O)NCCNC(C)=O)C5)CC4)cc3c2C(C)C)cc1OC. The molecule has 10 nitrogen and oxygen atoms in total. The molecule has 0 unspecified atom stereocenters. The van der Waals surface area contributed by atoms with Crippen molar-refractivity contribution in [1.82, 2.24) is 25.4 Å². The Labute approximate surface area is 272 Å². The number of H-pyrrole nitrogens is 1. The van der Waals surface area contributed by atoms with E-state index in [1.807, 2.05) is 17.0 Å². The summed E-state index contributed by atoms with van der Waals surface area (Å²) in [5.74, 6) is 2.03. The number of benzene rings is 2. The molecule has 0 spiro atoms. The lowest BCUT2D eigenvalue weighted by atomic mass is 9.87. The van der Waals surface area contributed by atoms with Crippen LogP contribution in [0, 0.1) is 5.92 Å². The van der Waals surface area contributed by atoms with Crippen molar-refractivity contribution in [3.63, 3.8) is 0 Å². The number of methoxy groups -OCH3 is 2. The van der Waals surface area contributed by atoms with Crippen molar-refractivity contribution in [2.24, 2.45) is 5.92 Å². The summed E-state index contributed by atoms with van der Waals surface area (Å²) in [4.78, 5) is 44.8. The number of carbonyl (C=O) groups excluding carboxylic acids is 3. The fraction of sp³-hybridized carbons (Fsp3) is 0.528. The molecule has 248 valence electrons. The number of nitrogens with zero attached hydrogens (tertiary/aromatic N) is 2. The topological polar surface area (TPSA) is 116 Å². The smallest absolute Gasteiger partial charge is 0.236 e. The monoisotopic (exact) mass is 631 g/mol. The molecule has 0 aliphatic carbocycles. The Hall–Kier alpha value is -4.05.